The van der Waals surface area contributed by atoms with Gasteiger partial charge in [-0.05, 0) is 55.0 Å². The highest BCUT2D eigenvalue weighted by Gasteiger charge is 2.23. The molecule has 0 atom stereocenters. The fraction of sp³-hybridized carbons (Fsp3) is 0.100. The molecule has 0 unspecified atom stereocenters. The van der Waals surface area contributed by atoms with Gasteiger partial charge < -0.3 is 4.57 Å². The Morgan fingerprint density at radius 3 is 1.49 bits per heavy atom. The Bertz CT molecular complexity index is 1940. The molecular formula is C40H31N3. The maximum absolute atomic E-state index is 5.06. The van der Waals surface area contributed by atoms with Crippen molar-refractivity contribution in [1.82, 2.24) is 14.5 Å². The average molecular weight is 554 g/mol. The van der Waals surface area contributed by atoms with Gasteiger partial charge in [-0.25, -0.2) is 9.97 Å². The fourth-order valence-electron chi connectivity index (χ4n) is 6.44. The van der Waals surface area contributed by atoms with E-state index in [1.54, 1.807) is 0 Å². The normalized spacial score (nSPS) is 13.5. The van der Waals surface area contributed by atoms with Gasteiger partial charge in [-0.1, -0.05) is 121 Å². The lowest BCUT2D eigenvalue weighted by molar-refractivity contribution is 0.813. The van der Waals surface area contributed by atoms with E-state index in [2.05, 4.69) is 120 Å². The molecular weight excluding hydrogens is 522 g/mol. The van der Waals surface area contributed by atoms with Crippen molar-refractivity contribution in [3.05, 3.63) is 150 Å². The zero-order valence-electron chi connectivity index (χ0n) is 23.9. The highest BCUT2D eigenvalue weighted by atomic mass is 15.0. The van der Waals surface area contributed by atoms with Crippen molar-refractivity contribution < 1.29 is 0 Å². The summed E-state index contributed by atoms with van der Waals surface area (Å²) in [6, 6.07) is 40.5. The molecule has 0 saturated heterocycles. The predicted molar refractivity (Wildman–Crippen MR) is 178 cm³/mol. The zero-order chi connectivity index (χ0) is 28.6. The van der Waals surface area contributed by atoms with E-state index in [0.717, 1.165) is 59.6 Å². The first-order valence-corrected chi connectivity index (χ1v) is 15.1. The molecule has 206 valence electrons. The van der Waals surface area contributed by atoms with E-state index >= 15 is 0 Å². The van der Waals surface area contributed by atoms with Gasteiger partial charge in [-0.3, -0.25) is 0 Å². The Balaban J connectivity index is 1.20. The van der Waals surface area contributed by atoms with Crippen molar-refractivity contribution in [2.75, 3.05) is 0 Å². The van der Waals surface area contributed by atoms with Crippen molar-refractivity contribution in [2.24, 2.45) is 0 Å². The summed E-state index contributed by atoms with van der Waals surface area (Å²) in [6.45, 7) is 0. The smallest absolute Gasteiger partial charge is 0.160 e. The molecule has 0 saturated carbocycles. The molecule has 0 amide bonds. The van der Waals surface area contributed by atoms with Gasteiger partial charge in [0.2, 0.25) is 0 Å². The summed E-state index contributed by atoms with van der Waals surface area (Å²) in [5.74, 6) is 0.733. The molecule has 0 N–H and O–H groups in total. The first-order chi connectivity index (χ1) is 21.3. The molecule has 4 aromatic carbocycles. The third kappa shape index (κ3) is 4.73. The molecule has 6 aromatic rings. The Labute approximate surface area is 252 Å². The van der Waals surface area contributed by atoms with Crippen LogP contribution >= 0.6 is 0 Å². The van der Waals surface area contributed by atoms with Gasteiger partial charge in [0.25, 0.3) is 0 Å². The Morgan fingerprint density at radius 2 is 0.930 bits per heavy atom. The molecule has 2 aromatic heterocycles. The van der Waals surface area contributed by atoms with Gasteiger partial charge >= 0.3 is 0 Å². The van der Waals surface area contributed by atoms with Gasteiger partial charge in [-0.2, -0.15) is 0 Å². The highest BCUT2D eigenvalue weighted by molar-refractivity contribution is 5.76. The van der Waals surface area contributed by atoms with Gasteiger partial charge in [0.05, 0.1) is 11.4 Å². The van der Waals surface area contributed by atoms with E-state index in [1.165, 1.54) is 39.3 Å². The second-order valence-corrected chi connectivity index (χ2v) is 11.3. The van der Waals surface area contributed by atoms with E-state index in [0.29, 0.717) is 0 Å². The van der Waals surface area contributed by atoms with Crippen molar-refractivity contribution in [1.29, 1.82) is 0 Å². The van der Waals surface area contributed by atoms with Gasteiger partial charge in [0.1, 0.15) is 0 Å². The highest BCUT2D eigenvalue weighted by Crippen LogP contribution is 2.36. The molecule has 2 aliphatic carbocycles. The average Bonchev–Trinajstić information content (AvgIpc) is 3.43. The Hall–Kier alpha value is -5.28. The van der Waals surface area contributed by atoms with Crippen molar-refractivity contribution in [3.8, 4) is 50.7 Å². The summed E-state index contributed by atoms with van der Waals surface area (Å²) in [5.41, 5.74) is 14.3. The summed E-state index contributed by atoms with van der Waals surface area (Å²) in [5, 5.41) is 0. The lowest BCUT2D eigenvalue weighted by Crippen LogP contribution is -2.07. The number of aromatic nitrogens is 3. The van der Waals surface area contributed by atoms with Crippen LogP contribution in [0.3, 0.4) is 0 Å². The van der Waals surface area contributed by atoms with E-state index < -0.39 is 0 Å². The van der Waals surface area contributed by atoms with Crippen LogP contribution in [-0.2, 0) is 12.8 Å². The lowest BCUT2D eigenvalue weighted by Gasteiger charge is -2.16. The van der Waals surface area contributed by atoms with Gasteiger partial charge in [-0.15, -0.1) is 0 Å². The topological polar surface area (TPSA) is 30.7 Å². The molecule has 8 rings (SSSR count). The van der Waals surface area contributed by atoms with Crippen LogP contribution in [0.5, 0.6) is 0 Å². The first kappa shape index (κ1) is 25.4. The minimum atomic E-state index is 0.733. The quantitative estimate of drug-likeness (QED) is 0.213. The summed E-state index contributed by atoms with van der Waals surface area (Å²) in [6.07, 6.45) is 13.6. The summed E-state index contributed by atoms with van der Waals surface area (Å²) in [4.78, 5) is 10.1. The van der Waals surface area contributed by atoms with Crippen LogP contribution < -0.4 is 0 Å². The summed E-state index contributed by atoms with van der Waals surface area (Å²) in [7, 11) is 0. The van der Waals surface area contributed by atoms with Crippen LogP contribution in [0.4, 0.5) is 0 Å². The van der Waals surface area contributed by atoms with E-state index in [-0.39, 0.29) is 0 Å². The van der Waals surface area contributed by atoms with Crippen molar-refractivity contribution >= 4 is 12.2 Å². The lowest BCUT2D eigenvalue weighted by atomic mass is 9.97. The number of fused-ring (bicyclic) bond motifs is 3. The zero-order valence-corrected chi connectivity index (χ0v) is 23.9. The SMILES string of the molecule is C1=Cc2c3c(n(-c4ccc(-c5cc(-c6ccc(-c7ccccc7)cc6)nc(-c6ccccc6)n5)cc4)c2CC1)CCC=C3. The number of rotatable bonds is 5. The first-order valence-electron chi connectivity index (χ1n) is 15.1. The molecule has 0 spiro atoms. The Morgan fingerprint density at radius 1 is 0.465 bits per heavy atom. The second kappa shape index (κ2) is 10.8. The maximum atomic E-state index is 5.06. The third-order valence-electron chi connectivity index (χ3n) is 8.58. The number of hydrogen-bond acceptors (Lipinski definition) is 2. The van der Waals surface area contributed by atoms with Crippen molar-refractivity contribution in [3.63, 3.8) is 0 Å². The molecule has 0 radical (unpaired) electrons. The maximum Gasteiger partial charge on any atom is 0.160 e. The summed E-state index contributed by atoms with van der Waals surface area (Å²) >= 11 is 0. The molecule has 3 heteroatoms. The molecule has 3 nitrogen and oxygen atoms in total. The van der Waals surface area contributed by atoms with Crippen LogP contribution in [0.2, 0.25) is 0 Å². The monoisotopic (exact) mass is 553 g/mol. The van der Waals surface area contributed by atoms with Gasteiger partial charge in [0, 0.05) is 44.9 Å². The molecule has 2 heterocycles. The van der Waals surface area contributed by atoms with Crippen LogP contribution in [-0.4, -0.2) is 14.5 Å². The fourth-order valence-corrected chi connectivity index (χ4v) is 6.44. The standard InChI is InChI=1S/C40H31N3/c1-3-11-28(12-4-1)29-19-21-30(22-20-29)36-27-37(42-40(41-36)32-13-5-2-6-14-32)31-23-25-33(26-24-31)43-38-17-9-7-15-34(38)35-16-8-10-18-39(35)43/h1-8,11-16,19-27H,9-10,17-18H2. The number of allylic oxidation sites excluding steroid dienone is 2. The van der Waals surface area contributed by atoms with E-state index in [9.17, 15) is 0 Å². The van der Waals surface area contributed by atoms with Crippen LogP contribution in [0, 0.1) is 0 Å². The van der Waals surface area contributed by atoms with Crippen molar-refractivity contribution in [2.45, 2.75) is 25.7 Å². The number of nitrogens with zero attached hydrogens (tertiary/aromatic N) is 3. The van der Waals surface area contributed by atoms with E-state index in [1.807, 2.05) is 24.3 Å². The van der Waals surface area contributed by atoms with Crippen LogP contribution in [0.25, 0.3) is 62.9 Å². The molecule has 0 aliphatic heterocycles. The largest absolute Gasteiger partial charge is 0.317 e. The van der Waals surface area contributed by atoms with Crippen LogP contribution in [0.15, 0.2) is 127 Å². The summed E-state index contributed by atoms with van der Waals surface area (Å²) < 4.78 is 2.51. The number of hydrogen-bond donors (Lipinski definition) is 0. The van der Waals surface area contributed by atoms with Crippen LogP contribution in [0.1, 0.15) is 35.4 Å². The number of benzene rings is 4. The molecule has 0 fully saturated rings. The van der Waals surface area contributed by atoms with E-state index in [4.69, 9.17) is 9.97 Å². The predicted octanol–water partition coefficient (Wildman–Crippen LogP) is 9.85. The molecule has 2 aliphatic rings. The third-order valence-corrected chi connectivity index (χ3v) is 8.58. The minimum Gasteiger partial charge on any atom is -0.317 e. The second-order valence-electron chi connectivity index (χ2n) is 11.3. The minimum absolute atomic E-state index is 0.733. The molecule has 43 heavy (non-hydrogen) atoms. The van der Waals surface area contributed by atoms with Gasteiger partial charge in [0.15, 0.2) is 5.82 Å². The molecule has 0 bridgehead atoms. The Kier molecular flexibility index (Phi) is 6.42.